The first-order chi connectivity index (χ1) is 7.47. The standard InChI is InChI=1S/C12H15FO3/c1-12(16-2,8-11(14)15)7-9-5-3-4-6-10(9)13/h3-6H,7-8H2,1-2H3,(H,14,15). The van der Waals surface area contributed by atoms with Crippen LogP contribution < -0.4 is 0 Å². The van der Waals surface area contributed by atoms with Gasteiger partial charge >= 0.3 is 5.97 Å². The van der Waals surface area contributed by atoms with Crippen LogP contribution in [0.5, 0.6) is 0 Å². The number of rotatable bonds is 5. The van der Waals surface area contributed by atoms with E-state index in [2.05, 4.69) is 0 Å². The number of carboxylic acids is 1. The molecule has 0 aromatic heterocycles. The number of aliphatic carboxylic acids is 1. The van der Waals surface area contributed by atoms with E-state index in [1.54, 1.807) is 25.1 Å². The summed E-state index contributed by atoms with van der Waals surface area (Å²) in [5, 5.41) is 8.75. The van der Waals surface area contributed by atoms with Gasteiger partial charge in [0.2, 0.25) is 0 Å². The monoisotopic (exact) mass is 226 g/mol. The van der Waals surface area contributed by atoms with E-state index in [4.69, 9.17) is 9.84 Å². The van der Waals surface area contributed by atoms with Gasteiger partial charge in [0, 0.05) is 13.5 Å². The van der Waals surface area contributed by atoms with Gasteiger partial charge < -0.3 is 9.84 Å². The van der Waals surface area contributed by atoms with Gasteiger partial charge in [-0.05, 0) is 18.6 Å². The molecule has 1 aromatic carbocycles. The molecule has 1 atom stereocenters. The van der Waals surface area contributed by atoms with Gasteiger partial charge in [-0.1, -0.05) is 18.2 Å². The van der Waals surface area contributed by atoms with Crippen molar-refractivity contribution in [3.63, 3.8) is 0 Å². The summed E-state index contributed by atoms with van der Waals surface area (Å²) < 4.78 is 18.6. The third-order valence-corrected chi connectivity index (χ3v) is 2.54. The second kappa shape index (κ2) is 5.07. The Labute approximate surface area is 93.9 Å². The summed E-state index contributed by atoms with van der Waals surface area (Å²) >= 11 is 0. The van der Waals surface area contributed by atoms with Gasteiger partial charge in [0.1, 0.15) is 5.82 Å². The highest BCUT2D eigenvalue weighted by Gasteiger charge is 2.28. The van der Waals surface area contributed by atoms with E-state index in [0.29, 0.717) is 5.56 Å². The van der Waals surface area contributed by atoms with Gasteiger partial charge in [-0.2, -0.15) is 0 Å². The average molecular weight is 226 g/mol. The van der Waals surface area contributed by atoms with Crippen molar-refractivity contribution in [2.45, 2.75) is 25.4 Å². The fourth-order valence-corrected chi connectivity index (χ4v) is 1.57. The molecule has 4 heteroatoms. The Balaban J connectivity index is 2.85. The Morgan fingerprint density at radius 2 is 2.12 bits per heavy atom. The summed E-state index contributed by atoms with van der Waals surface area (Å²) in [6, 6.07) is 6.30. The lowest BCUT2D eigenvalue weighted by molar-refractivity contribution is -0.143. The zero-order valence-electron chi connectivity index (χ0n) is 9.37. The molecule has 0 heterocycles. The molecule has 0 amide bonds. The van der Waals surface area contributed by atoms with E-state index >= 15 is 0 Å². The average Bonchev–Trinajstić information content (AvgIpc) is 2.20. The van der Waals surface area contributed by atoms with Crippen molar-refractivity contribution in [1.29, 1.82) is 0 Å². The number of halogens is 1. The first-order valence-corrected chi connectivity index (χ1v) is 4.97. The van der Waals surface area contributed by atoms with Gasteiger partial charge in [-0.15, -0.1) is 0 Å². The van der Waals surface area contributed by atoms with Crippen LogP contribution in [0, 0.1) is 5.82 Å². The van der Waals surface area contributed by atoms with Crippen molar-refractivity contribution >= 4 is 5.97 Å². The summed E-state index contributed by atoms with van der Waals surface area (Å²) in [7, 11) is 1.43. The number of carboxylic acid groups (broad SMARTS) is 1. The maximum Gasteiger partial charge on any atom is 0.306 e. The van der Waals surface area contributed by atoms with Crippen LogP contribution in [0.1, 0.15) is 18.9 Å². The highest BCUT2D eigenvalue weighted by molar-refractivity contribution is 5.68. The van der Waals surface area contributed by atoms with Crippen molar-refractivity contribution in [3.05, 3.63) is 35.6 Å². The topological polar surface area (TPSA) is 46.5 Å². The summed E-state index contributed by atoms with van der Waals surface area (Å²) in [4.78, 5) is 10.7. The van der Waals surface area contributed by atoms with E-state index in [9.17, 15) is 9.18 Å². The number of ether oxygens (including phenoxy) is 1. The molecule has 1 rings (SSSR count). The summed E-state index contributed by atoms with van der Waals surface area (Å²) in [6.45, 7) is 1.66. The predicted molar refractivity (Wildman–Crippen MR) is 57.8 cm³/mol. The quantitative estimate of drug-likeness (QED) is 0.837. The van der Waals surface area contributed by atoms with Crippen LogP contribution in [0.4, 0.5) is 4.39 Å². The zero-order chi connectivity index (χ0) is 12.2. The van der Waals surface area contributed by atoms with Gasteiger partial charge in [-0.25, -0.2) is 4.39 Å². The molecule has 0 fully saturated rings. The molecule has 1 aromatic rings. The van der Waals surface area contributed by atoms with E-state index in [0.717, 1.165) is 0 Å². The third kappa shape index (κ3) is 3.31. The lowest BCUT2D eigenvalue weighted by Gasteiger charge is -2.26. The van der Waals surface area contributed by atoms with E-state index in [1.165, 1.54) is 13.2 Å². The summed E-state index contributed by atoms with van der Waals surface area (Å²) in [5.41, 5.74) is -0.415. The maximum atomic E-state index is 13.4. The lowest BCUT2D eigenvalue weighted by atomic mass is 9.93. The second-order valence-corrected chi connectivity index (χ2v) is 3.99. The number of methoxy groups -OCH3 is 1. The highest BCUT2D eigenvalue weighted by Crippen LogP contribution is 2.22. The van der Waals surface area contributed by atoms with Crippen LogP contribution in [0.3, 0.4) is 0 Å². The Hall–Kier alpha value is -1.42. The molecule has 3 nitrogen and oxygen atoms in total. The molecule has 0 aliphatic rings. The van der Waals surface area contributed by atoms with Crippen molar-refractivity contribution in [1.82, 2.24) is 0 Å². The van der Waals surface area contributed by atoms with Crippen LogP contribution in [-0.2, 0) is 16.0 Å². The molecular weight excluding hydrogens is 211 g/mol. The largest absolute Gasteiger partial charge is 0.481 e. The summed E-state index contributed by atoms with van der Waals surface area (Å²) in [5.74, 6) is -1.29. The molecule has 0 aliphatic heterocycles. The fourth-order valence-electron chi connectivity index (χ4n) is 1.57. The minimum atomic E-state index is -0.958. The van der Waals surface area contributed by atoms with E-state index in [-0.39, 0.29) is 18.7 Å². The Bertz CT molecular complexity index is 378. The van der Waals surface area contributed by atoms with E-state index in [1.807, 2.05) is 0 Å². The predicted octanol–water partition coefficient (Wildman–Crippen LogP) is 2.25. The molecule has 16 heavy (non-hydrogen) atoms. The molecular formula is C12H15FO3. The van der Waals surface area contributed by atoms with Crippen LogP contribution in [0.2, 0.25) is 0 Å². The minimum absolute atomic E-state index is 0.155. The second-order valence-electron chi connectivity index (χ2n) is 3.99. The van der Waals surface area contributed by atoms with Crippen molar-refractivity contribution in [2.24, 2.45) is 0 Å². The molecule has 0 spiro atoms. The lowest BCUT2D eigenvalue weighted by Crippen LogP contribution is -2.33. The molecule has 0 bridgehead atoms. The van der Waals surface area contributed by atoms with Crippen LogP contribution in [0.15, 0.2) is 24.3 Å². The molecule has 0 radical (unpaired) electrons. The van der Waals surface area contributed by atoms with Crippen molar-refractivity contribution < 1.29 is 19.0 Å². The minimum Gasteiger partial charge on any atom is -0.481 e. The number of carbonyl (C=O) groups is 1. The maximum absolute atomic E-state index is 13.4. The normalized spacial score (nSPS) is 14.4. The molecule has 88 valence electrons. The first-order valence-electron chi connectivity index (χ1n) is 4.97. The number of hydrogen-bond donors (Lipinski definition) is 1. The van der Waals surface area contributed by atoms with E-state index < -0.39 is 11.6 Å². The highest BCUT2D eigenvalue weighted by atomic mass is 19.1. The van der Waals surface area contributed by atoms with Crippen LogP contribution in [-0.4, -0.2) is 23.8 Å². The number of benzene rings is 1. The van der Waals surface area contributed by atoms with Crippen molar-refractivity contribution in [3.8, 4) is 0 Å². The molecule has 1 unspecified atom stereocenters. The fraction of sp³-hybridized carbons (Fsp3) is 0.417. The number of hydrogen-bond acceptors (Lipinski definition) is 2. The third-order valence-electron chi connectivity index (χ3n) is 2.54. The molecule has 0 saturated carbocycles. The molecule has 1 N–H and O–H groups in total. The van der Waals surface area contributed by atoms with Crippen LogP contribution in [0.25, 0.3) is 0 Å². The Morgan fingerprint density at radius 3 is 2.62 bits per heavy atom. The molecule has 0 saturated heterocycles. The Kier molecular flexibility index (Phi) is 4.01. The first kappa shape index (κ1) is 12.6. The van der Waals surface area contributed by atoms with Crippen molar-refractivity contribution in [2.75, 3.05) is 7.11 Å². The van der Waals surface area contributed by atoms with Gasteiger partial charge in [0.15, 0.2) is 0 Å². The smallest absolute Gasteiger partial charge is 0.306 e. The molecule has 0 aliphatic carbocycles. The van der Waals surface area contributed by atoms with Gasteiger partial charge in [0.05, 0.1) is 12.0 Å². The zero-order valence-corrected chi connectivity index (χ0v) is 9.37. The van der Waals surface area contributed by atoms with Crippen LogP contribution >= 0.6 is 0 Å². The van der Waals surface area contributed by atoms with Gasteiger partial charge in [-0.3, -0.25) is 4.79 Å². The SMILES string of the molecule is COC(C)(CC(=O)O)Cc1ccccc1F. The van der Waals surface area contributed by atoms with Gasteiger partial charge in [0.25, 0.3) is 0 Å². The summed E-state index contributed by atoms with van der Waals surface area (Å²) in [6.07, 6.45) is 0.0836. The Morgan fingerprint density at radius 1 is 1.50 bits per heavy atom.